The average molecular weight is 320 g/mol. The van der Waals surface area contributed by atoms with Crippen LogP contribution in [-0.2, 0) is 0 Å². The molecule has 24 heavy (non-hydrogen) atoms. The van der Waals surface area contributed by atoms with Crippen molar-refractivity contribution in [2.24, 2.45) is 0 Å². The Morgan fingerprint density at radius 1 is 1.29 bits per heavy atom. The number of aromatic nitrogens is 2. The SMILES string of the molecule is Cc1nc2cc(-c3cc(C(=O)N(C)C)cc(C#N)c3O)ccc2[nH]1. The van der Waals surface area contributed by atoms with Crippen LogP contribution in [0.5, 0.6) is 5.75 Å². The Balaban J connectivity index is 2.22. The van der Waals surface area contributed by atoms with Gasteiger partial charge in [-0.15, -0.1) is 0 Å². The molecule has 0 bridgehead atoms. The first-order valence-electron chi connectivity index (χ1n) is 7.36. The molecule has 0 saturated heterocycles. The van der Waals surface area contributed by atoms with E-state index in [1.165, 1.54) is 11.0 Å². The molecule has 2 N–H and O–H groups in total. The highest BCUT2D eigenvalue weighted by molar-refractivity contribution is 5.97. The molecule has 1 amide bonds. The minimum Gasteiger partial charge on any atom is -0.506 e. The van der Waals surface area contributed by atoms with E-state index in [9.17, 15) is 15.2 Å². The molecule has 3 aromatic rings. The number of aromatic hydroxyl groups is 1. The van der Waals surface area contributed by atoms with Crippen LogP contribution in [0.3, 0.4) is 0 Å². The number of hydrogen-bond donors (Lipinski definition) is 2. The zero-order chi connectivity index (χ0) is 17.4. The number of phenols is 1. The number of benzene rings is 2. The molecule has 0 aliphatic heterocycles. The molecule has 0 fully saturated rings. The van der Waals surface area contributed by atoms with Crippen molar-refractivity contribution in [3.05, 3.63) is 47.3 Å². The summed E-state index contributed by atoms with van der Waals surface area (Å²) in [5, 5.41) is 19.6. The predicted molar refractivity (Wildman–Crippen MR) is 90.7 cm³/mol. The van der Waals surface area contributed by atoms with Crippen LogP contribution in [0.15, 0.2) is 30.3 Å². The molecule has 0 atom stereocenters. The first-order valence-corrected chi connectivity index (χ1v) is 7.36. The van der Waals surface area contributed by atoms with E-state index in [1.807, 2.05) is 31.2 Å². The Hall–Kier alpha value is -3.33. The van der Waals surface area contributed by atoms with Crippen molar-refractivity contribution in [3.8, 4) is 22.9 Å². The van der Waals surface area contributed by atoms with Gasteiger partial charge in [0.25, 0.3) is 5.91 Å². The van der Waals surface area contributed by atoms with Crippen LogP contribution in [0.25, 0.3) is 22.2 Å². The molecule has 1 aromatic heterocycles. The number of aromatic amines is 1. The fourth-order valence-corrected chi connectivity index (χ4v) is 2.62. The topological polar surface area (TPSA) is 93.0 Å². The minimum absolute atomic E-state index is 0.0657. The number of phenolic OH excluding ortho intramolecular Hbond substituents is 1. The Morgan fingerprint density at radius 2 is 2.04 bits per heavy atom. The first kappa shape index (κ1) is 15.6. The molecular weight excluding hydrogens is 304 g/mol. The lowest BCUT2D eigenvalue weighted by Crippen LogP contribution is -2.21. The molecule has 3 rings (SSSR count). The van der Waals surface area contributed by atoms with Gasteiger partial charge < -0.3 is 15.0 Å². The third kappa shape index (κ3) is 2.57. The van der Waals surface area contributed by atoms with Crippen molar-refractivity contribution >= 4 is 16.9 Å². The van der Waals surface area contributed by atoms with Gasteiger partial charge in [-0.3, -0.25) is 4.79 Å². The van der Waals surface area contributed by atoms with E-state index in [1.54, 1.807) is 20.2 Å². The highest BCUT2D eigenvalue weighted by Gasteiger charge is 2.17. The summed E-state index contributed by atoms with van der Waals surface area (Å²) in [6.45, 7) is 1.86. The Morgan fingerprint density at radius 3 is 2.71 bits per heavy atom. The van der Waals surface area contributed by atoms with E-state index in [2.05, 4.69) is 9.97 Å². The van der Waals surface area contributed by atoms with Gasteiger partial charge in [-0.1, -0.05) is 6.07 Å². The van der Waals surface area contributed by atoms with Crippen molar-refractivity contribution < 1.29 is 9.90 Å². The van der Waals surface area contributed by atoms with Gasteiger partial charge in [0.1, 0.15) is 17.6 Å². The number of nitrogens with zero attached hydrogens (tertiary/aromatic N) is 3. The number of aryl methyl sites for hydroxylation is 1. The lowest BCUT2D eigenvalue weighted by atomic mass is 9.97. The summed E-state index contributed by atoms with van der Waals surface area (Å²) in [5.41, 5.74) is 3.18. The largest absolute Gasteiger partial charge is 0.506 e. The van der Waals surface area contributed by atoms with Gasteiger partial charge in [0.15, 0.2) is 0 Å². The van der Waals surface area contributed by atoms with Crippen molar-refractivity contribution in [1.29, 1.82) is 5.26 Å². The van der Waals surface area contributed by atoms with E-state index in [-0.39, 0.29) is 17.2 Å². The average Bonchev–Trinajstić information content (AvgIpc) is 2.93. The zero-order valence-corrected chi connectivity index (χ0v) is 13.6. The summed E-state index contributed by atoms with van der Waals surface area (Å²) in [6.07, 6.45) is 0. The number of fused-ring (bicyclic) bond motifs is 1. The summed E-state index contributed by atoms with van der Waals surface area (Å²) in [7, 11) is 3.28. The molecule has 0 radical (unpaired) electrons. The second-order valence-corrected chi connectivity index (χ2v) is 5.79. The monoisotopic (exact) mass is 320 g/mol. The molecule has 0 spiro atoms. The fourth-order valence-electron chi connectivity index (χ4n) is 2.62. The normalized spacial score (nSPS) is 10.6. The second kappa shape index (κ2) is 5.70. The van der Waals surface area contributed by atoms with Gasteiger partial charge in [0.05, 0.1) is 16.6 Å². The van der Waals surface area contributed by atoms with E-state index < -0.39 is 0 Å². The van der Waals surface area contributed by atoms with Crippen molar-refractivity contribution in [2.45, 2.75) is 6.92 Å². The van der Waals surface area contributed by atoms with E-state index >= 15 is 0 Å². The number of H-pyrrole nitrogens is 1. The van der Waals surface area contributed by atoms with Crippen LogP contribution in [0.1, 0.15) is 21.7 Å². The molecule has 0 unspecified atom stereocenters. The number of hydrogen-bond acceptors (Lipinski definition) is 4. The smallest absolute Gasteiger partial charge is 0.253 e. The predicted octanol–water partition coefficient (Wildman–Crippen LogP) is 2.82. The second-order valence-electron chi connectivity index (χ2n) is 5.79. The molecule has 1 heterocycles. The minimum atomic E-state index is -0.232. The van der Waals surface area contributed by atoms with Crippen LogP contribution in [0.2, 0.25) is 0 Å². The molecule has 0 aliphatic rings. The number of rotatable bonds is 2. The summed E-state index contributed by atoms with van der Waals surface area (Å²) in [6, 6.07) is 10.4. The first-order chi connectivity index (χ1) is 11.4. The molecule has 2 aromatic carbocycles. The highest BCUT2D eigenvalue weighted by atomic mass is 16.3. The van der Waals surface area contributed by atoms with Gasteiger partial charge in [-0.25, -0.2) is 4.98 Å². The molecule has 120 valence electrons. The summed E-state index contributed by atoms with van der Waals surface area (Å²) >= 11 is 0. The highest BCUT2D eigenvalue weighted by Crippen LogP contribution is 2.34. The van der Waals surface area contributed by atoms with Crippen molar-refractivity contribution in [3.63, 3.8) is 0 Å². The lowest BCUT2D eigenvalue weighted by molar-refractivity contribution is 0.0827. The van der Waals surface area contributed by atoms with Gasteiger partial charge in [0, 0.05) is 25.2 Å². The summed E-state index contributed by atoms with van der Waals surface area (Å²) < 4.78 is 0. The van der Waals surface area contributed by atoms with Gasteiger partial charge in [-0.05, 0) is 36.8 Å². The zero-order valence-electron chi connectivity index (χ0n) is 13.6. The van der Waals surface area contributed by atoms with Gasteiger partial charge in [-0.2, -0.15) is 5.26 Å². The standard InChI is InChI=1S/C18H16N4O2/c1-10-20-15-5-4-11(8-16(15)21-10)14-7-12(18(24)22(2)3)6-13(9-19)17(14)23/h4-8,23H,1-3H3,(H,20,21). The van der Waals surface area contributed by atoms with Crippen LogP contribution in [0.4, 0.5) is 0 Å². The summed E-state index contributed by atoms with van der Waals surface area (Å²) in [5.74, 6) is 0.421. The van der Waals surface area contributed by atoms with E-state index in [0.29, 0.717) is 16.7 Å². The van der Waals surface area contributed by atoms with Crippen LogP contribution in [-0.4, -0.2) is 40.0 Å². The number of amides is 1. The third-order valence-electron chi connectivity index (χ3n) is 3.80. The molecular formula is C18H16N4O2. The summed E-state index contributed by atoms with van der Waals surface area (Å²) in [4.78, 5) is 21.2. The number of carbonyl (C=O) groups excluding carboxylic acids is 1. The van der Waals surface area contributed by atoms with Crippen LogP contribution >= 0.6 is 0 Å². The number of carbonyl (C=O) groups is 1. The third-order valence-corrected chi connectivity index (χ3v) is 3.80. The van der Waals surface area contributed by atoms with Crippen molar-refractivity contribution in [1.82, 2.24) is 14.9 Å². The number of imidazole rings is 1. The van der Waals surface area contributed by atoms with Crippen LogP contribution in [0, 0.1) is 18.3 Å². The number of nitriles is 1. The molecule has 6 nitrogen and oxygen atoms in total. The molecule has 6 heteroatoms. The van der Waals surface area contributed by atoms with Gasteiger partial charge in [0.2, 0.25) is 0 Å². The van der Waals surface area contributed by atoms with E-state index in [4.69, 9.17) is 0 Å². The molecule has 0 aliphatic carbocycles. The molecule has 0 saturated carbocycles. The van der Waals surface area contributed by atoms with Gasteiger partial charge >= 0.3 is 0 Å². The van der Waals surface area contributed by atoms with Crippen LogP contribution < -0.4 is 0 Å². The quantitative estimate of drug-likeness (QED) is 0.759. The Kier molecular flexibility index (Phi) is 3.70. The van der Waals surface area contributed by atoms with Crippen molar-refractivity contribution in [2.75, 3.05) is 14.1 Å². The maximum absolute atomic E-state index is 12.2. The maximum Gasteiger partial charge on any atom is 0.253 e. The number of nitrogens with one attached hydrogen (secondary N) is 1. The maximum atomic E-state index is 12.2. The Bertz CT molecular complexity index is 996. The van der Waals surface area contributed by atoms with E-state index in [0.717, 1.165) is 16.9 Å². The Labute approximate surface area is 139 Å². The lowest BCUT2D eigenvalue weighted by Gasteiger charge is -2.13. The fraction of sp³-hybridized carbons (Fsp3) is 0.167.